The monoisotopic (exact) mass is 430 g/mol. The van der Waals surface area contributed by atoms with Crippen molar-refractivity contribution in [2.75, 3.05) is 25.6 Å². The molecule has 0 aliphatic carbocycles. The lowest BCUT2D eigenvalue weighted by Gasteiger charge is -2.14. The lowest BCUT2D eigenvalue weighted by molar-refractivity contribution is -0.384. The van der Waals surface area contributed by atoms with Crippen LogP contribution >= 0.6 is 0 Å². The van der Waals surface area contributed by atoms with Crippen LogP contribution in [0.2, 0.25) is 0 Å². The van der Waals surface area contributed by atoms with E-state index in [0.29, 0.717) is 5.75 Å². The first-order chi connectivity index (χ1) is 14.8. The summed E-state index contributed by atoms with van der Waals surface area (Å²) in [5, 5.41) is 14.4. The van der Waals surface area contributed by atoms with E-state index in [1.54, 1.807) is 37.5 Å². The van der Waals surface area contributed by atoms with Crippen molar-refractivity contribution in [1.82, 2.24) is 0 Å². The largest absolute Gasteiger partial charge is 0.497 e. The fraction of sp³-hybridized carbons (Fsp3) is 0.200. The molecule has 0 aliphatic heterocycles. The molecule has 2 rings (SSSR count). The first kappa shape index (κ1) is 23.0. The molecule has 0 atom stereocenters. The number of nitro groups is 1. The van der Waals surface area contributed by atoms with Crippen molar-refractivity contribution in [1.29, 1.82) is 0 Å². The highest BCUT2D eigenvalue weighted by molar-refractivity contribution is 5.95. The molecule has 164 valence electrons. The molecule has 2 aromatic rings. The van der Waals surface area contributed by atoms with Crippen LogP contribution in [0.5, 0.6) is 11.5 Å². The molecular formula is C20H22N4O7. The molecule has 0 bridgehead atoms. The number of primary amides is 2. The van der Waals surface area contributed by atoms with Crippen molar-refractivity contribution in [2.45, 2.75) is 6.61 Å². The van der Waals surface area contributed by atoms with Gasteiger partial charge in [-0.3, -0.25) is 14.9 Å². The molecule has 0 fully saturated rings. The molecule has 0 aromatic heterocycles. The van der Waals surface area contributed by atoms with Gasteiger partial charge in [0.1, 0.15) is 19.0 Å². The lowest BCUT2D eigenvalue weighted by Crippen LogP contribution is -2.14. The van der Waals surface area contributed by atoms with E-state index in [4.69, 9.17) is 20.9 Å². The Morgan fingerprint density at radius 1 is 1.16 bits per heavy atom. The predicted octanol–water partition coefficient (Wildman–Crippen LogP) is 2.34. The minimum Gasteiger partial charge on any atom is -0.497 e. The van der Waals surface area contributed by atoms with E-state index in [2.05, 4.69) is 10.1 Å². The number of hydrogen-bond donors (Lipinski definition) is 3. The minimum atomic E-state index is -0.912. The third-order valence-electron chi connectivity index (χ3n) is 4.00. The molecule has 11 heteroatoms. The highest BCUT2D eigenvalue weighted by Crippen LogP contribution is 2.36. The van der Waals surface area contributed by atoms with Crippen LogP contribution in [0.3, 0.4) is 0 Å². The Hall–Kier alpha value is -4.28. The third kappa shape index (κ3) is 6.92. The number of carbonyl (C=O) groups excluding carboxylic acids is 2. The average Bonchev–Trinajstić information content (AvgIpc) is 2.74. The van der Waals surface area contributed by atoms with Gasteiger partial charge < -0.3 is 31.0 Å². The topological polar surface area (TPSA) is 169 Å². The number of carbonyl (C=O) groups is 2. The zero-order valence-electron chi connectivity index (χ0n) is 16.7. The van der Waals surface area contributed by atoms with Gasteiger partial charge in [0.15, 0.2) is 11.4 Å². The van der Waals surface area contributed by atoms with Crippen LogP contribution in [0.25, 0.3) is 0 Å². The Morgan fingerprint density at radius 3 is 2.45 bits per heavy atom. The normalized spacial score (nSPS) is 10.5. The van der Waals surface area contributed by atoms with Crippen LogP contribution in [0.4, 0.5) is 16.2 Å². The second kappa shape index (κ2) is 11.0. The molecule has 0 heterocycles. The smallest absolute Gasteiger partial charge is 0.404 e. The molecule has 11 nitrogen and oxygen atoms in total. The number of amides is 2. The SMILES string of the molecule is COc1ccc(COc2cc(C(N)=O)cc([N+](=O)[O-])c2NC/C=C/COC(N)=O)cc1. The van der Waals surface area contributed by atoms with Crippen molar-refractivity contribution >= 4 is 23.4 Å². The second-order valence-electron chi connectivity index (χ2n) is 6.11. The molecule has 2 aromatic carbocycles. The van der Waals surface area contributed by atoms with Gasteiger partial charge in [-0.1, -0.05) is 18.2 Å². The van der Waals surface area contributed by atoms with Crippen LogP contribution in [-0.4, -0.2) is 37.2 Å². The summed E-state index contributed by atoms with van der Waals surface area (Å²) in [5.74, 6) is -0.0716. The number of rotatable bonds is 11. The summed E-state index contributed by atoms with van der Waals surface area (Å²) >= 11 is 0. The molecule has 5 N–H and O–H groups in total. The predicted molar refractivity (Wildman–Crippen MR) is 112 cm³/mol. The van der Waals surface area contributed by atoms with Crippen LogP contribution < -0.4 is 26.3 Å². The zero-order chi connectivity index (χ0) is 22.8. The molecule has 0 saturated carbocycles. The van der Waals surface area contributed by atoms with Crippen molar-refractivity contribution in [3.8, 4) is 11.5 Å². The van der Waals surface area contributed by atoms with E-state index in [9.17, 15) is 19.7 Å². The maximum Gasteiger partial charge on any atom is 0.404 e. The number of anilines is 1. The van der Waals surface area contributed by atoms with Gasteiger partial charge in [-0.2, -0.15) is 0 Å². The third-order valence-corrected chi connectivity index (χ3v) is 4.00. The molecule has 0 spiro atoms. The van der Waals surface area contributed by atoms with Gasteiger partial charge in [0.05, 0.1) is 12.0 Å². The fourth-order valence-corrected chi connectivity index (χ4v) is 2.50. The van der Waals surface area contributed by atoms with E-state index in [1.165, 1.54) is 12.1 Å². The minimum absolute atomic E-state index is 0.0411. The van der Waals surface area contributed by atoms with Gasteiger partial charge in [-0.05, 0) is 29.8 Å². The highest BCUT2D eigenvalue weighted by atomic mass is 16.6. The summed E-state index contributed by atoms with van der Waals surface area (Å²) in [6, 6.07) is 9.46. The van der Waals surface area contributed by atoms with Crippen molar-refractivity contribution in [3.05, 3.63) is 69.8 Å². The number of nitrogens with zero attached hydrogens (tertiary/aromatic N) is 1. The lowest BCUT2D eigenvalue weighted by atomic mass is 10.1. The Kier molecular flexibility index (Phi) is 8.20. The highest BCUT2D eigenvalue weighted by Gasteiger charge is 2.22. The summed E-state index contributed by atoms with van der Waals surface area (Å²) < 4.78 is 15.4. The van der Waals surface area contributed by atoms with Crippen molar-refractivity contribution in [2.24, 2.45) is 11.5 Å². The van der Waals surface area contributed by atoms with E-state index in [1.807, 2.05) is 0 Å². The van der Waals surface area contributed by atoms with Crippen molar-refractivity contribution in [3.63, 3.8) is 0 Å². The molecule has 0 unspecified atom stereocenters. The quantitative estimate of drug-likeness (QED) is 0.277. The Labute approximate surface area is 177 Å². The van der Waals surface area contributed by atoms with Gasteiger partial charge in [0, 0.05) is 18.2 Å². The maximum absolute atomic E-state index is 11.6. The number of nitrogens with two attached hydrogens (primary N) is 2. The fourth-order valence-electron chi connectivity index (χ4n) is 2.50. The number of hydrogen-bond acceptors (Lipinski definition) is 8. The molecule has 0 saturated heterocycles. The van der Waals surface area contributed by atoms with E-state index >= 15 is 0 Å². The van der Waals surface area contributed by atoms with Gasteiger partial charge in [-0.25, -0.2) is 4.79 Å². The second-order valence-corrected chi connectivity index (χ2v) is 6.11. The van der Waals surface area contributed by atoms with E-state index in [-0.39, 0.29) is 42.4 Å². The summed E-state index contributed by atoms with van der Waals surface area (Å²) in [5.41, 5.74) is 10.6. The molecule has 2 amide bonds. The standard InChI is InChI=1S/C20H22N4O7/c1-29-15-6-4-13(5-7-15)12-31-17-11-14(19(21)25)10-16(24(27)28)18(17)23-8-2-3-9-30-20(22)26/h2-7,10-11,23H,8-9,12H2,1H3,(H2,21,25)(H2,22,26)/b3-2+. The van der Waals surface area contributed by atoms with Crippen LogP contribution in [-0.2, 0) is 11.3 Å². The summed E-state index contributed by atoms with van der Waals surface area (Å²) in [6.45, 7) is 0.193. The summed E-state index contributed by atoms with van der Waals surface area (Å²) in [7, 11) is 1.55. The number of ether oxygens (including phenoxy) is 3. The van der Waals surface area contributed by atoms with E-state index < -0.39 is 16.9 Å². The van der Waals surface area contributed by atoms with Crippen molar-refractivity contribution < 1.29 is 28.7 Å². The maximum atomic E-state index is 11.6. The molecule has 0 aliphatic rings. The van der Waals surface area contributed by atoms with Gasteiger partial charge in [0.25, 0.3) is 5.69 Å². The Balaban J connectivity index is 2.25. The van der Waals surface area contributed by atoms with Crippen LogP contribution in [0, 0.1) is 10.1 Å². The van der Waals surface area contributed by atoms with Gasteiger partial charge in [0.2, 0.25) is 5.91 Å². The summed E-state index contributed by atoms with van der Waals surface area (Å²) in [6.07, 6.45) is 2.19. The number of nitro benzene ring substituents is 1. The van der Waals surface area contributed by atoms with Crippen LogP contribution in [0.15, 0.2) is 48.6 Å². The number of nitrogens with one attached hydrogen (secondary N) is 1. The Morgan fingerprint density at radius 2 is 1.87 bits per heavy atom. The van der Waals surface area contributed by atoms with Gasteiger partial charge in [-0.15, -0.1) is 0 Å². The zero-order valence-corrected chi connectivity index (χ0v) is 16.7. The Bertz CT molecular complexity index is 974. The van der Waals surface area contributed by atoms with Crippen LogP contribution in [0.1, 0.15) is 15.9 Å². The molecular weight excluding hydrogens is 408 g/mol. The molecule has 0 radical (unpaired) electrons. The molecule has 31 heavy (non-hydrogen) atoms. The summed E-state index contributed by atoms with van der Waals surface area (Å²) in [4.78, 5) is 33.1. The number of methoxy groups -OCH3 is 1. The average molecular weight is 430 g/mol. The first-order valence-electron chi connectivity index (χ1n) is 9.01. The van der Waals surface area contributed by atoms with E-state index in [0.717, 1.165) is 11.6 Å². The van der Waals surface area contributed by atoms with Gasteiger partial charge >= 0.3 is 6.09 Å². The first-order valence-corrected chi connectivity index (χ1v) is 9.01. The number of benzene rings is 2.